The number of nitrogens with one attached hydrogen (secondary N) is 1. The molecule has 1 fully saturated rings. The van der Waals surface area contributed by atoms with Crippen molar-refractivity contribution < 1.29 is 8.42 Å². The number of nitrogens with zero attached hydrogens (tertiary/aromatic N) is 2. The highest BCUT2D eigenvalue weighted by molar-refractivity contribution is 7.91. The summed E-state index contributed by atoms with van der Waals surface area (Å²) >= 11 is 0. The van der Waals surface area contributed by atoms with Crippen LogP contribution in [0.15, 0.2) is 48.8 Å². The first kappa shape index (κ1) is 19.0. The molecule has 2 aromatic heterocycles. The van der Waals surface area contributed by atoms with Crippen LogP contribution >= 0.6 is 0 Å². The lowest BCUT2D eigenvalue weighted by Crippen LogP contribution is -2.25. The van der Waals surface area contributed by atoms with Crippen molar-refractivity contribution in [3.05, 3.63) is 65.6 Å². The summed E-state index contributed by atoms with van der Waals surface area (Å²) in [5.41, 5.74) is 4.96. The van der Waals surface area contributed by atoms with Gasteiger partial charge in [-0.05, 0) is 49.1 Å². The van der Waals surface area contributed by atoms with Gasteiger partial charge in [0.1, 0.15) is 5.65 Å². The van der Waals surface area contributed by atoms with Crippen LogP contribution in [0.4, 0.5) is 5.69 Å². The lowest BCUT2D eigenvalue weighted by atomic mass is 10.0. The van der Waals surface area contributed by atoms with Gasteiger partial charge in [0.25, 0.3) is 0 Å². The quantitative estimate of drug-likeness (QED) is 0.665. The molecule has 1 saturated carbocycles. The second-order valence-electron chi connectivity index (χ2n) is 7.76. The molecule has 6 heteroatoms. The highest BCUT2D eigenvalue weighted by Gasteiger charge is 2.27. The van der Waals surface area contributed by atoms with Crippen LogP contribution in [0.2, 0.25) is 0 Å². The van der Waals surface area contributed by atoms with E-state index in [1.807, 2.05) is 42.7 Å². The molecule has 2 heterocycles. The van der Waals surface area contributed by atoms with Crippen molar-refractivity contribution in [1.29, 1.82) is 0 Å². The number of hydrogen-bond donors (Lipinski definition) is 1. The minimum absolute atomic E-state index is 0.127. The smallest absolute Gasteiger partial charge is 0.157 e. The number of benzene rings is 1. The molecule has 1 aromatic carbocycles. The van der Waals surface area contributed by atoms with Gasteiger partial charge in [0, 0.05) is 11.9 Å². The molecule has 0 atom stereocenters. The summed E-state index contributed by atoms with van der Waals surface area (Å²) in [7, 11) is -3.09. The molecule has 4 rings (SSSR count). The van der Waals surface area contributed by atoms with Gasteiger partial charge in [0.05, 0.1) is 29.4 Å². The SMILES string of the molecule is Cc1cccn2c(CNc3cccc(CS(=O)(=O)C4CCCCC4)c3)cnc12. The molecule has 1 aliphatic rings. The number of sulfone groups is 1. The number of pyridine rings is 1. The van der Waals surface area contributed by atoms with Gasteiger partial charge in [-0.15, -0.1) is 0 Å². The second-order valence-corrected chi connectivity index (χ2v) is 10.0. The summed E-state index contributed by atoms with van der Waals surface area (Å²) in [4.78, 5) is 4.49. The number of rotatable bonds is 6. The van der Waals surface area contributed by atoms with Gasteiger partial charge in [-0.25, -0.2) is 13.4 Å². The van der Waals surface area contributed by atoms with Gasteiger partial charge in [0.2, 0.25) is 0 Å². The zero-order valence-corrected chi connectivity index (χ0v) is 17.1. The first-order valence-corrected chi connectivity index (χ1v) is 11.7. The highest BCUT2D eigenvalue weighted by atomic mass is 32.2. The summed E-state index contributed by atoms with van der Waals surface area (Å²) in [5.74, 6) is 0.127. The molecule has 0 radical (unpaired) electrons. The minimum atomic E-state index is -3.09. The van der Waals surface area contributed by atoms with Crippen molar-refractivity contribution in [3.8, 4) is 0 Å². The Morgan fingerprint density at radius 3 is 2.79 bits per heavy atom. The average molecular weight is 398 g/mol. The molecule has 0 saturated heterocycles. The molecule has 0 unspecified atom stereocenters. The largest absolute Gasteiger partial charge is 0.379 e. The van der Waals surface area contributed by atoms with E-state index < -0.39 is 9.84 Å². The van der Waals surface area contributed by atoms with E-state index in [0.29, 0.717) is 6.54 Å². The maximum atomic E-state index is 12.8. The van der Waals surface area contributed by atoms with Crippen molar-refractivity contribution in [3.63, 3.8) is 0 Å². The van der Waals surface area contributed by atoms with Gasteiger partial charge in [-0.2, -0.15) is 0 Å². The number of anilines is 1. The summed E-state index contributed by atoms with van der Waals surface area (Å²) in [6.07, 6.45) is 8.75. The van der Waals surface area contributed by atoms with E-state index >= 15 is 0 Å². The first-order valence-electron chi connectivity index (χ1n) is 9.99. The second kappa shape index (κ2) is 7.95. The fourth-order valence-corrected chi connectivity index (χ4v) is 6.00. The number of hydrogen-bond acceptors (Lipinski definition) is 4. The molecule has 0 spiro atoms. The Kier molecular flexibility index (Phi) is 5.40. The van der Waals surface area contributed by atoms with Gasteiger partial charge in [-0.1, -0.05) is 37.5 Å². The Bertz CT molecular complexity index is 1070. The summed E-state index contributed by atoms with van der Waals surface area (Å²) in [6, 6.07) is 11.8. The first-order chi connectivity index (χ1) is 13.5. The zero-order valence-electron chi connectivity index (χ0n) is 16.3. The van der Waals surface area contributed by atoms with E-state index in [4.69, 9.17) is 0 Å². The van der Waals surface area contributed by atoms with Crippen LogP contribution in [-0.2, 0) is 22.1 Å². The number of aromatic nitrogens is 2. The number of fused-ring (bicyclic) bond motifs is 1. The van der Waals surface area contributed by atoms with Crippen molar-refractivity contribution in [2.45, 2.75) is 56.6 Å². The van der Waals surface area contributed by atoms with Crippen LogP contribution < -0.4 is 5.32 Å². The van der Waals surface area contributed by atoms with Crippen molar-refractivity contribution in [1.82, 2.24) is 9.38 Å². The third-order valence-electron chi connectivity index (χ3n) is 5.64. The van der Waals surface area contributed by atoms with Crippen LogP contribution in [0.1, 0.15) is 48.9 Å². The van der Waals surface area contributed by atoms with Crippen molar-refractivity contribution in [2.75, 3.05) is 5.32 Å². The predicted molar refractivity (Wildman–Crippen MR) is 113 cm³/mol. The summed E-state index contributed by atoms with van der Waals surface area (Å²) in [5, 5.41) is 3.24. The standard InChI is InChI=1S/C22H27N3O2S/c1-17-7-6-12-25-20(15-24-22(17)25)14-23-19-9-5-8-18(13-19)16-28(26,27)21-10-3-2-4-11-21/h5-9,12-13,15,21,23H,2-4,10-11,14,16H2,1H3. The molecular formula is C22H27N3O2S. The van der Waals surface area contributed by atoms with E-state index in [-0.39, 0.29) is 11.0 Å². The zero-order chi connectivity index (χ0) is 19.6. The van der Waals surface area contributed by atoms with E-state index in [0.717, 1.165) is 60.3 Å². The molecule has 28 heavy (non-hydrogen) atoms. The number of aryl methyl sites for hydroxylation is 1. The van der Waals surface area contributed by atoms with E-state index in [2.05, 4.69) is 27.7 Å². The molecule has 148 valence electrons. The van der Waals surface area contributed by atoms with Crippen LogP contribution in [0.25, 0.3) is 5.65 Å². The topological polar surface area (TPSA) is 63.5 Å². The molecule has 1 N–H and O–H groups in total. The third-order valence-corrected chi connectivity index (χ3v) is 7.86. The Labute approximate surface area is 166 Å². The van der Waals surface area contributed by atoms with Gasteiger partial charge in [0.15, 0.2) is 9.84 Å². The van der Waals surface area contributed by atoms with Crippen molar-refractivity contribution >= 4 is 21.2 Å². The fourth-order valence-electron chi connectivity index (χ4n) is 4.07. The van der Waals surface area contributed by atoms with Crippen molar-refractivity contribution in [2.24, 2.45) is 0 Å². The van der Waals surface area contributed by atoms with E-state index in [1.165, 1.54) is 0 Å². The monoisotopic (exact) mass is 397 g/mol. The molecule has 0 bridgehead atoms. The van der Waals surface area contributed by atoms with Crippen LogP contribution in [0, 0.1) is 6.92 Å². The Morgan fingerprint density at radius 2 is 1.96 bits per heavy atom. The van der Waals surface area contributed by atoms with Gasteiger partial charge in [-0.3, -0.25) is 0 Å². The van der Waals surface area contributed by atoms with E-state index in [9.17, 15) is 8.42 Å². The molecule has 1 aliphatic carbocycles. The minimum Gasteiger partial charge on any atom is -0.379 e. The van der Waals surface area contributed by atoms with Crippen LogP contribution in [0.3, 0.4) is 0 Å². The molecule has 0 amide bonds. The molecular weight excluding hydrogens is 370 g/mol. The fraction of sp³-hybridized carbons (Fsp3) is 0.409. The third kappa shape index (κ3) is 4.07. The molecule has 0 aliphatic heterocycles. The summed E-state index contributed by atoms with van der Waals surface area (Å²) < 4.78 is 27.6. The maximum absolute atomic E-state index is 12.8. The lowest BCUT2D eigenvalue weighted by Gasteiger charge is -2.21. The average Bonchev–Trinajstić information content (AvgIpc) is 3.12. The van der Waals surface area contributed by atoms with E-state index in [1.54, 1.807) is 0 Å². The molecule has 5 nitrogen and oxygen atoms in total. The summed E-state index contributed by atoms with van der Waals surface area (Å²) in [6.45, 7) is 2.68. The maximum Gasteiger partial charge on any atom is 0.157 e. The normalized spacial score (nSPS) is 15.8. The predicted octanol–water partition coefficient (Wildman–Crippen LogP) is 4.50. The Balaban J connectivity index is 1.45. The van der Waals surface area contributed by atoms with Crippen LogP contribution in [-0.4, -0.2) is 23.1 Å². The molecule has 3 aromatic rings. The van der Waals surface area contributed by atoms with Crippen LogP contribution in [0.5, 0.6) is 0 Å². The van der Waals surface area contributed by atoms with Gasteiger partial charge >= 0.3 is 0 Å². The number of imidazole rings is 1. The van der Waals surface area contributed by atoms with Gasteiger partial charge < -0.3 is 9.72 Å². The Hall–Kier alpha value is -2.34. The highest BCUT2D eigenvalue weighted by Crippen LogP contribution is 2.26. The lowest BCUT2D eigenvalue weighted by molar-refractivity contribution is 0.483. The Morgan fingerprint density at radius 1 is 1.14 bits per heavy atom.